The van der Waals surface area contributed by atoms with Gasteiger partial charge in [-0.1, -0.05) is 47.4 Å². The van der Waals surface area contributed by atoms with Crippen LogP contribution in [0, 0.1) is 0 Å². The minimum atomic E-state index is -0.201. The molecule has 0 aliphatic carbocycles. The van der Waals surface area contributed by atoms with Crippen LogP contribution < -0.4 is 21.5 Å². The van der Waals surface area contributed by atoms with Crippen LogP contribution in [0.25, 0.3) is 10.2 Å². The number of nitrogens with zero attached hydrogens (tertiary/aromatic N) is 6. The summed E-state index contributed by atoms with van der Waals surface area (Å²) in [6.45, 7) is 6.18. The van der Waals surface area contributed by atoms with E-state index in [9.17, 15) is 4.79 Å². The van der Waals surface area contributed by atoms with Gasteiger partial charge in [0.05, 0.1) is 22.2 Å². The number of carbonyl (C=O) groups is 1. The Morgan fingerprint density at radius 1 is 1.18 bits per heavy atom. The van der Waals surface area contributed by atoms with Gasteiger partial charge in [0.1, 0.15) is 0 Å². The average molecular weight is 496 g/mol. The van der Waals surface area contributed by atoms with Gasteiger partial charge < -0.3 is 16.1 Å². The fraction of sp³-hybridized carbons (Fsp3) is 0.227. The Labute approximate surface area is 205 Å². The molecular weight excluding hydrogens is 470 g/mol. The first-order chi connectivity index (χ1) is 16.6. The quantitative estimate of drug-likeness (QED) is 0.132. The largest absolute Gasteiger partial charge is 0.372 e. The van der Waals surface area contributed by atoms with E-state index in [1.807, 2.05) is 36.4 Å². The summed E-state index contributed by atoms with van der Waals surface area (Å²) in [6.07, 6.45) is 1.68. The van der Waals surface area contributed by atoms with Crippen molar-refractivity contribution in [1.82, 2.24) is 19.9 Å². The second-order valence-corrected chi connectivity index (χ2v) is 9.11. The number of fused-ring (bicyclic) bond motifs is 1. The Morgan fingerprint density at radius 3 is 2.68 bits per heavy atom. The molecule has 4 N–H and O–H groups in total. The Balaban J connectivity index is 1.29. The molecule has 10 nitrogen and oxygen atoms in total. The van der Waals surface area contributed by atoms with Crippen LogP contribution in [0.2, 0.25) is 0 Å². The summed E-state index contributed by atoms with van der Waals surface area (Å²) in [6, 6.07) is 15.8. The van der Waals surface area contributed by atoms with Gasteiger partial charge in [0.25, 0.3) is 5.95 Å². The van der Waals surface area contributed by atoms with Crippen molar-refractivity contribution in [2.24, 2.45) is 5.10 Å². The van der Waals surface area contributed by atoms with Gasteiger partial charge in [-0.25, -0.2) is 15.1 Å². The summed E-state index contributed by atoms with van der Waals surface area (Å²) in [4.78, 5) is 19.0. The molecule has 0 bridgehead atoms. The number of para-hydroxylation sites is 1. The number of nitrogen functional groups attached to an aromatic ring is 1. The average Bonchev–Trinajstić information content (AvgIpc) is 3.42. The Hall–Kier alpha value is -3.64. The summed E-state index contributed by atoms with van der Waals surface area (Å²) in [5.41, 5.74) is 5.75. The molecule has 4 rings (SSSR count). The van der Waals surface area contributed by atoms with Crippen molar-refractivity contribution in [2.75, 3.05) is 40.3 Å². The van der Waals surface area contributed by atoms with Crippen molar-refractivity contribution in [1.29, 1.82) is 0 Å². The number of benzene rings is 2. The van der Waals surface area contributed by atoms with Crippen LogP contribution in [0.5, 0.6) is 0 Å². The van der Waals surface area contributed by atoms with E-state index >= 15 is 0 Å². The zero-order valence-corrected chi connectivity index (χ0v) is 20.4. The first kappa shape index (κ1) is 23.5. The van der Waals surface area contributed by atoms with Crippen LogP contribution in [-0.4, -0.2) is 50.8 Å². The molecule has 2 aromatic heterocycles. The van der Waals surface area contributed by atoms with Crippen LogP contribution in [0.1, 0.15) is 19.4 Å². The van der Waals surface area contributed by atoms with Crippen LogP contribution in [-0.2, 0) is 4.79 Å². The molecule has 2 aromatic carbocycles. The second kappa shape index (κ2) is 11.0. The number of nitrogens with one attached hydrogen (secondary N) is 2. The molecular formula is C22H25N9OS2. The minimum absolute atomic E-state index is 0.118. The molecule has 0 saturated heterocycles. The molecule has 1 amide bonds. The lowest BCUT2D eigenvalue weighted by Crippen LogP contribution is -2.21. The number of carbonyl (C=O) groups excluding carboxylic acids is 1. The molecule has 0 spiro atoms. The summed E-state index contributed by atoms with van der Waals surface area (Å²) in [5.74, 6) is 6.23. The van der Waals surface area contributed by atoms with E-state index in [2.05, 4.69) is 61.9 Å². The monoisotopic (exact) mass is 495 g/mol. The number of rotatable bonds is 10. The standard InChI is InChI=1S/C22H25N9OS2/c1-3-30(4-2)16-11-9-15(10-12-16)13-24-27-20-28-29-22(31(20)23)33-14-19(32)26-21-25-17-7-5-6-8-18(17)34-21/h5-13H,3-4,14,23H2,1-2H3,(H,27,28)(H,25,26,32)/b24-13+. The van der Waals surface area contributed by atoms with Crippen molar-refractivity contribution in [3.63, 3.8) is 0 Å². The first-order valence-electron chi connectivity index (χ1n) is 10.7. The van der Waals surface area contributed by atoms with Gasteiger partial charge in [-0.3, -0.25) is 4.79 Å². The molecule has 0 unspecified atom stereocenters. The van der Waals surface area contributed by atoms with Crippen molar-refractivity contribution in [2.45, 2.75) is 19.0 Å². The zero-order valence-electron chi connectivity index (χ0n) is 18.8. The van der Waals surface area contributed by atoms with Gasteiger partial charge in [-0.05, 0) is 43.7 Å². The maximum atomic E-state index is 12.3. The molecule has 0 radical (unpaired) electrons. The van der Waals surface area contributed by atoms with Crippen LogP contribution in [0.15, 0.2) is 58.8 Å². The fourth-order valence-corrected chi connectivity index (χ4v) is 4.73. The molecule has 0 fully saturated rings. The number of hydrogen-bond donors (Lipinski definition) is 3. The van der Waals surface area contributed by atoms with Gasteiger partial charge in [-0.15, -0.1) is 10.2 Å². The highest BCUT2D eigenvalue weighted by Gasteiger charge is 2.13. The van der Waals surface area contributed by atoms with Gasteiger partial charge in [0.15, 0.2) is 5.13 Å². The maximum Gasteiger partial charge on any atom is 0.264 e. The molecule has 0 atom stereocenters. The van der Waals surface area contributed by atoms with Crippen LogP contribution in [0.4, 0.5) is 16.8 Å². The lowest BCUT2D eigenvalue weighted by Gasteiger charge is -2.20. The number of hydrogen-bond acceptors (Lipinski definition) is 10. The predicted octanol–water partition coefficient (Wildman–Crippen LogP) is 3.62. The molecule has 12 heteroatoms. The summed E-state index contributed by atoms with van der Waals surface area (Å²) in [7, 11) is 0. The van der Waals surface area contributed by atoms with E-state index in [4.69, 9.17) is 5.84 Å². The lowest BCUT2D eigenvalue weighted by atomic mass is 10.2. The zero-order chi connectivity index (χ0) is 23.9. The van der Waals surface area contributed by atoms with Gasteiger partial charge in [0, 0.05) is 18.8 Å². The van der Waals surface area contributed by atoms with E-state index in [0.29, 0.717) is 10.3 Å². The summed E-state index contributed by atoms with van der Waals surface area (Å²) in [5, 5.41) is 16.0. The highest BCUT2D eigenvalue weighted by atomic mass is 32.2. The molecule has 176 valence electrons. The number of thioether (sulfide) groups is 1. The Kier molecular flexibility index (Phi) is 7.60. The molecule has 0 aliphatic rings. The smallest absolute Gasteiger partial charge is 0.264 e. The molecule has 34 heavy (non-hydrogen) atoms. The van der Waals surface area contributed by atoms with E-state index in [-0.39, 0.29) is 17.6 Å². The molecule has 4 aromatic rings. The fourth-order valence-electron chi connectivity index (χ4n) is 3.19. The summed E-state index contributed by atoms with van der Waals surface area (Å²) < 4.78 is 2.28. The lowest BCUT2D eigenvalue weighted by molar-refractivity contribution is -0.113. The number of amides is 1. The number of anilines is 3. The highest BCUT2D eigenvalue weighted by Crippen LogP contribution is 2.26. The van der Waals surface area contributed by atoms with Gasteiger partial charge in [-0.2, -0.15) is 5.10 Å². The molecule has 2 heterocycles. The van der Waals surface area contributed by atoms with E-state index in [0.717, 1.165) is 28.9 Å². The number of thiazole rings is 1. The maximum absolute atomic E-state index is 12.3. The SMILES string of the molecule is CCN(CC)c1ccc(/C=N/Nc2nnc(SCC(=O)Nc3nc4ccccc4s3)n2N)cc1. The van der Waals surface area contributed by atoms with Crippen LogP contribution in [0.3, 0.4) is 0 Å². The number of nitrogens with two attached hydrogens (primary N) is 1. The number of aromatic nitrogens is 4. The van der Waals surface area contributed by atoms with E-state index in [1.54, 1.807) is 6.21 Å². The normalized spacial score (nSPS) is 11.2. The topological polar surface area (TPSA) is 126 Å². The third-order valence-corrected chi connectivity index (χ3v) is 6.83. The second-order valence-electron chi connectivity index (χ2n) is 7.13. The molecule has 0 saturated carbocycles. The van der Waals surface area contributed by atoms with Crippen molar-refractivity contribution >= 4 is 62.2 Å². The Bertz CT molecular complexity index is 1250. The molecule has 0 aliphatic heterocycles. The van der Waals surface area contributed by atoms with Crippen molar-refractivity contribution in [3.05, 3.63) is 54.1 Å². The van der Waals surface area contributed by atoms with Gasteiger partial charge >= 0.3 is 0 Å². The predicted molar refractivity (Wildman–Crippen MR) is 140 cm³/mol. The minimum Gasteiger partial charge on any atom is -0.372 e. The third kappa shape index (κ3) is 5.64. The van der Waals surface area contributed by atoms with E-state index in [1.165, 1.54) is 33.5 Å². The third-order valence-electron chi connectivity index (χ3n) is 4.94. The summed E-state index contributed by atoms with van der Waals surface area (Å²) >= 11 is 2.60. The number of hydrazone groups is 1. The Morgan fingerprint density at radius 2 is 1.94 bits per heavy atom. The highest BCUT2D eigenvalue weighted by molar-refractivity contribution is 7.99. The van der Waals surface area contributed by atoms with E-state index < -0.39 is 0 Å². The first-order valence-corrected chi connectivity index (χ1v) is 12.5. The van der Waals surface area contributed by atoms with Gasteiger partial charge in [0.2, 0.25) is 11.1 Å². The van der Waals surface area contributed by atoms with Crippen LogP contribution >= 0.6 is 23.1 Å². The van der Waals surface area contributed by atoms with Crippen molar-refractivity contribution < 1.29 is 4.79 Å². The van der Waals surface area contributed by atoms with Crippen molar-refractivity contribution in [3.8, 4) is 0 Å².